The van der Waals surface area contributed by atoms with Crippen molar-refractivity contribution in [2.75, 3.05) is 32.6 Å². The van der Waals surface area contributed by atoms with Crippen molar-refractivity contribution in [2.24, 2.45) is 0 Å². The third-order valence-electron chi connectivity index (χ3n) is 7.54. The lowest BCUT2D eigenvalue weighted by Gasteiger charge is -2.17. The zero-order valence-corrected chi connectivity index (χ0v) is 28.1. The summed E-state index contributed by atoms with van der Waals surface area (Å²) in [4.78, 5) is 63.5. The number of rotatable bonds is 13. The van der Waals surface area contributed by atoms with Crippen LogP contribution in [0.5, 0.6) is 5.75 Å². The Bertz CT molecular complexity index is 1890. The van der Waals surface area contributed by atoms with E-state index in [0.29, 0.717) is 24.0 Å². The number of hydrogen-bond donors (Lipinski definition) is 2. The topological polar surface area (TPSA) is 131 Å². The summed E-state index contributed by atoms with van der Waals surface area (Å²) in [6, 6.07) is 21.8. The van der Waals surface area contributed by atoms with Gasteiger partial charge in [0.25, 0.3) is 11.8 Å². The molecular formula is C38H36F3N3O7. The molecule has 0 heterocycles. The molecule has 0 fully saturated rings. The number of ether oxygens (including phenoxy) is 2. The van der Waals surface area contributed by atoms with E-state index in [2.05, 4.69) is 10.6 Å². The normalized spacial score (nSPS) is 10.9. The van der Waals surface area contributed by atoms with Crippen molar-refractivity contribution in [1.29, 1.82) is 0 Å². The number of nitrogens with zero attached hydrogens (tertiary/aromatic N) is 1. The second kappa shape index (κ2) is 17.1. The Hall–Kier alpha value is -5.98. The molecule has 13 heteroatoms. The highest BCUT2D eigenvalue weighted by Crippen LogP contribution is 2.32. The Morgan fingerprint density at radius 1 is 0.824 bits per heavy atom. The molecule has 0 atom stereocenters. The number of halogens is 3. The summed E-state index contributed by atoms with van der Waals surface area (Å²) in [5, 5.41) is 5.30. The molecule has 0 aliphatic heterocycles. The summed E-state index contributed by atoms with van der Waals surface area (Å²) in [6.45, 7) is 1.56. The molecule has 51 heavy (non-hydrogen) atoms. The zero-order valence-electron chi connectivity index (χ0n) is 28.1. The quantitative estimate of drug-likeness (QED) is 0.0918. The predicted octanol–water partition coefficient (Wildman–Crippen LogP) is 6.55. The SMILES string of the molecule is CC(=O)NCCOC(=O)c1ccc(OC(=O)CCCc2ccc(NC(=O)c3ccccc3-c3ccc(C(F)(F)F)cc3)c(C(=O)N(C)C)c2)cc1. The average molecular weight is 704 g/mol. The summed E-state index contributed by atoms with van der Waals surface area (Å²) >= 11 is 0. The maximum atomic E-state index is 13.5. The smallest absolute Gasteiger partial charge is 0.416 e. The van der Waals surface area contributed by atoms with Gasteiger partial charge < -0.3 is 25.0 Å². The largest absolute Gasteiger partial charge is 0.460 e. The standard InChI is InChI=1S/C38H36F3N3O7/c1-24(45)42-21-22-50-37(49)27-14-18-29(19-15-27)51-34(46)10-6-7-25-11-20-33(32(23-25)36(48)44(2)3)43-35(47)31-9-5-4-8-30(31)26-12-16-28(17-13-26)38(39,40)41/h4-5,8-9,11-20,23H,6-7,10,21-22H2,1-3H3,(H,42,45)(H,43,47). The van der Waals surface area contributed by atoms with Crippen LogP contribution in [-0.4, -0.2) is 61.8 Å². The minimum absolute atomic E-state index is 0.0144. The lowest BCUT2D eigenvalue weighted by Crippen LogP contribution is -2.25. The van der Waals surface area contributed by atoms with Gasteiger partial charge in [0.05, 0.1) is 28.9 Å². The molecule has 3 amide bonds. The van der Waals surface area contributed by atoms with E-state index in [-0.39, 0.29) is 59.5 Å². The molecule has 0 aliphatic rings. The van der Waals surface area contributed by atoms with E-state index in [1.807, 2.05) is 0 Å². The first-order valence-corrected chi connectivity index (χ1v) is 15.9. The van der Waals surface area contributed by atoms with E-state index in [9.17, 15) is 37.1 Å². The molecule has 0 bridgehead atoms. The van der Waals surface area contributed by atoms with Crippen LogP contribution >= 0.6 is 0 Å². The number of aryl methyl sites for hydroxylation is 1. The summed E-state index contributed by atoms with van der Waals surface area (Å²) in [7, 11) is 3.14. The Balaban J connectivity index is 1.38. The van der Waals surface area contributed by atoms with Crippen molar-refractivity contribution in [3.05, 3.63) is 119 Å². The fraction of sp³-hybridized carbons (Fsp3) is 0.237. The molecule has 266 valence electrons. The molecule has 0 spiro atoms. The number of hydrogen-bond acceptors (Lipinski definition) is 7. The predicted molar refractivity (Wildman–Crippen MR) is 183 cm³/mol. The van der Waals surface area contributed by atoms with E-state index < -0.39 is 29.6 Å². The molecule has 0 aliphatic carbocycles. The van der Waals surface area contributed by atoms with Crippen LogP contribution < -0.4 is 15.4 Å². The van der Waals surface area contributed by atoms with E-state index in [1.54, 1.807) is 56.6 Å². The van der Waals surface area contributed by atoms with Gasteiger partial charge in [0, 0.05) is 33.0 Å². The highest BCUT2D eigenvalue weighted by molar-refractivity contribution is 6.11. The molecule has 2 N–H and O–H groups in total. The molecule has 4 aromatic carbocycles. The van der Waals surface area contributed by atoms with Crippen LogP contribution in [-0.2, 0) is 26.9 Å². The summed E-state index contributed by atoms with van der Waals surface area (Å²) in [5.74, 6) is -2.00. The van der Waals surface area contributed by atoms with Gasteiger partial charge in [-0.05, 0) is 84.1 Å². The van der Waals surface area contributed by atoms with Crippen molar-refractivity contribution in [2.45, 2.75) is 32.4 Å². The van der Waals surface area contributed by atoms with Crippen LogP contribution in [0.4, 0.5) is 18.9 Å². The minimum Gasteiger partial charge on any atom is -0.460 e. The fourth-order valence-electron chi connectivity index (χ4n) is 4.97. The van der Waals surface area contributed by atoms with Crippen LogP contribution in [0.3, 0.4) is 0 Å². The van der Waals surface area contributed by atoms with Gasteiger partial charge in [0.2, 0.25) is 5.91 Å². The molecule has 4 rings (SSSR count). The van der Waals surface area contributed by atoms with Crippen molar-refractivity contribution in [3.63, 3.8) is 0 Å². The summed E-state index contributed by atoms with van der Waals surface area (Å²) in [5.41, 5.74) is 1.68. The average Bonchev–Trinajstić information content (AvgIpc) is 3.10. The van der Waals surface area contributed by atoms with Gasteiger partial charge in [-0.1, -0.05) is 36.4 Å². The lowest BCUT2D eigenvalue weighted by molar-refractivity contribution is -0.137. The Morgan fingerprint density at radius 3 is 2.16 bits per heavy atom. The third-order valence-corrected chi connectivity index (χ3v) is 7.54. The zero-order chi connectivity index (χ0) is 37.1. The number of amides is 3. The van der Waals surface area contributed by atoms with Crippen LogP contribution in [0.15, 0.2) is 91.0 Å². The van der Waals surface area contributed by atoms with E-state index in [1.165, 1.54) is 48.2 Å². The number of carbonyl (C=O) groups is 5. The van der Waals surface area contributed by atoms with Gasteiger partial charge in [0.1, 0.15) is 12.4 Å². The highest BCUT2D eigenvalue weighted by atomic mass is 19.4. The van der Waals surface area contributed by atoms with Gasteiger partial charge in [-0.2, -0.15) is 13.2 Å². The van der Waals surface area contributed by atoms with Gasteiger partial charge >= 0.3 is 18.1 Å². The monoisotopic (exact) mass is 703 g/mol. The van der Waals surface area contributed by atoms with Crippen molar-refractivity contribution in [3.8, 4) is 16.9 Å². The van der Waals surface area contributed by atoms with Crippen molar-refractivity contribution in [1.82, 2.24) is 10.2 Å². The molecule has 4 aromatic rings. The van der Waals surface area contributed by atoms with Gasteiger partial charge in [-0.3, -0.25) is 19.2 Å². The summed E-state index contributed by atoms with van der Waals surface area (Å²) < 4.78 is 49.7. The number of nitrogens with one attached hydrogen (secondary N) is 2. The van der Waals surface area contributed by atoms with Gasteiger partial charge in [-0.15, -0.1) is 0 Å². The molecule has 10 nitrogen and oxygen atoms in total. The van der Waals surface area contributed by atoms with E-state index >= 15 is 0 Å². The molecule has 0 aromatic heterocycles. The molecule has 0 radical (unpaired) electrons. The molecule has 0 saturated carbocycles. The number of alkyl halides is 3. The van der Waals surface area contributed by atoms with Gasteiger partial charge in [-0.25, -0.2) is 4.79 Å². The molecule has 0 unspecified atom stereocenters. The Kier molecular flexibility index (Phi) is 12.7. The van der Waals surface area contributed by atoms with E-state index in [0.717, 1.165) is 17.7 Å². The van der Waals surface area contributed by atoms with Crippen molar-refractivity contribution >= 4 is 35.3 Å². The van der Waals surface area contributed by atoms with Crippen LogP contribution in [0.25, 0.3) is 11.1 Å². The molecular weight excluding hydrogens is 667 g/mol. The maximum absolute atomic E-state index is 13.5. The van der Waals surface area contributed by atoms with Crippen LogP contribution in [0, 0.1) is 0 Å². The van der Waals surface area contributed by atoms with Crippen LogP contribution in [0.2, 0.25) is 0 Å². The maximum Gasteiger partial charge on any atom is 0.416 e. The third kappa shape index (κ3) is 10.8. The second-order valence-corrected chi connectivity index (χ2v) is 11.6. The number of benzene rings is 4. The molecule has 0 saturated heterocycles. The number of esters is 2. The highest BCUT2D eigenvalue weighted by Gasteiger charge is 2.30. The number of anilines is 1. The van der Waals surface area contributed by atoms with Crippen LogP contribution in [0.1, 0.15) is 62.0 Å². The van der Waals surface area contributed by atoms with E-state index in [4.69, 9.17) is 9.47 Å². The first-order chi connectivity index (χ1) is 24.2. The Morgan fingerprint density at radius 2 is 1.51 bits per heavy atom. The van der Waals surface area contributed by atoms with Crippen molar-refractivity contribution < 1.29 is 46.6 Å². The number of carbonyl (C=O) groups excluding carboxylic acids is 5. The van der Waals surface area contributed by atoms with Gasteiger partial charge in [0.15, 0.2) is 0 Å². The Labute approximate surface area is 292 Å². The fourth-order valence-corrected chi connectivity index (χ4v) is 4.97. The first-order valence-electron chi connectivity index (χ1n) is 15.9. The minimum atomic E-state index is -4.49. The second-order valence-electron chi connectivity index (χ2n) is 11.6. The summed E-state index contributed by atoms with van der Waals surface area (Å²) in [6.07, 6.45) is -3.63. The first kappa shape index (κ1) is 37.8. The lowest BCUT2D eigenvalue weighted by atomic mass is 9.97.